The van der Waals surface area contributed by atoms with Crippen LogP contribution < -0.4 is 0 Å². The van der Waals surface area contributed by atoms with Gasteiger partial charge in [0.1, 0.15) is 18.4 Å². The van der Waals surface area contributed by atoms with Gasteiger partial charge in [0.05, 0.1) is 17.8 Å². The molecule has 0 spiro atoms. The topological polar surface area (TPSA) is 39.9 Å². The second-order valence-corrected chi connectivity index (χ2v) is 5.04. The van der Waals surface area contributed by atoms with Crippen LogP contribution in [0.2, 0.25) is 10.0 Å². The minimum atomic E-state index is 0.542. The summed E-state index contributed by atoms with van der Waals surface area (Å²) in [5.74, 6) is 0.644. The maximum atomic E-state index is 6.23. The van der Waals surface area contributed by atoms with Crippen molar-refractivity contribution < 1.29 is 4.74 Å². The van der Waals surface area contributed by atoms with Crippen LogP contribution in [0.5, 0.6) is 0 Å². The molecule has 0 unspecified atom stereocenters. The van der Waals surface area contributed by atoms with Crippen molar-refractivity contribution in [1.29, 1.82) is 0 Å². The van der Waals surface area contributed by atoms with E-state index in [1.807, 2.05) is 6.07 Å². The van der Waals surface area contributed by atoms with E-state index in [9.17, 15) is 0 Å². The second-order valence-electron chi connectivity index (χ2n) is 4.20. The van der Waals surface area contributed by atoms with Crippen molar-refractivity contribution in [1.82, 2.24) is 14.8 Å². The monoisotopic (exact) mass is 311 g/mol. The molecule has 2 rings (SSSR count). The summed E-state index contributed by atoms with van der Waals surface area (Å²) >= 11 is 12.1. The lowest BCUT2D eigenvalue weighted by Crippen LogP contribution is -1.98. The van der Waals surface area contributed by atoms with Gasteiger partial charge in [-0.15, -0.1) is 0 Å². The molecule has 2 aromatic rings. The molecule has 0 bridgehead atoms. The number of hydrogen-bond donors (Lipinski definition) is 0. The highest BCUT2D eigenvalue weighted by molar-refractivity contribution is 6.35. The van der Waals surface area contributed by atoms with Gasteiger partial charge in [-0.25, -0.2) is 9.67 Å². The van der Waals surface area contributed by atoms with Crippen LogP contribution in [0, 0.1) is 0 Å². The summed E-state index contributed by atoms with van der Waals surface area (Å²) in [7, 11) is 0. The lowest BCUT2D eigenvalue weighted by Gasteiger charge is -2.12. The first-order chi connectivity index (χ1) is 9.70. The quantitative estimate of drug-likeness (QED) is 0.588. The first kappa shape index (κ1) is 14.9. The van der Waals surface area contributed by atoms with Crippen LogP contribution in [0.3, 0.4) is 0 Å². The normalized spacial score (nSPS) is 11.7. The Kier molecular flexibility index (Phi) is 5.44. The van der Waals surface area contributed by atoms with E-state index in [1.54, 1.807) is 29.3 Å². The number of hydrogen-bond acceptors (Lipinski definition) is 3. The molecular formula is C14H15Cl2N3O. The smallest absolute Gasteiger partial charge is 0.146 e. The summed E-state index contributed by atoms with van der Waals surface area (Å²) in [5, 5.41) is 5.17. The molecule has 0 aliphatic rings. The largest absolute Gasteiger partial charge is 0.491 e. The van der Waals surface area contributed by atoms with Crippen LogP contribution in [-0.4, -0.2) is 21.4 Å². The van der Waals surface area contributed by atoms with E-state index in [2.05, 4.69) is 17.0 Å². The Morgan fingerprint density at radius 2 is 2.25 bits per heavy atom. The van der Waals surface area contributed by atoms with Crippen LogP contribution in [0.4, 0.5) is 0 Å². The lowest BCUT2D eigenvalue weighted by molar-refractivity contribution is 0.271. The van der Waals surface area contributed by atoms with Gasteiger partial charge in [-0.2, -0.15) is 5.10 Å². The number of benzene rings is 1. The molecule has 1 aromatic heterocycles. The lowest BCUT2D eigenvalue weighted by atomic mass is 10.2. The number of rotatable bonds is 6. The molecule has 106 valence electrons. The summed E-state index contributed by atoms with van der Waals surface area (Å²) in [4.78, 5) is 3.90. The van der Waals surface area contributed by atoms with E-state index in [-0.39, 0.29) is 0 Å². The highest BCUT2D eigenvalue weighted by atomic mass is 35.5. The molecule has 20 heavy (non-hydrogen) atoms. The number of halogens is 2. The second kappa shape index (κ2) is 7.31. The Morgan fingerprint density at radius 1 is 1.40 bits per heavy atom. The van der Waals surface area contributed by atoms with Crippen molar-refractivity contribution in [3.63, 3.8) is 0 Å². The average Bonchev–Trinajstić information content (AvgIpc) is 2.91. The zero-order valence-corrected chi connectivity index (χ0v) is 12.6. The molecule has 0 saturated carbocycles. The molecule has 6 heteroatoms. The van der Waals surface area contributed by atoms with Crippen LogP contribution in [0.15, 0.2) is 30.9 Å². The van der Waals surface area contributed by atoms with Crippen LogP contribution in [0.1, 0.15) is 25.3 Å². The molecule has 4 nitrogen and oxygen atoms in total. The molecule has 0 radical (unpaired) electrons. The first-order valence-corrected chi connectivity index (χ1v) is 7.10. The fraction of sp³-hybridized carbons (Fsp3) is 0.286. The number of aromatic nitrogens is 3. The Bertz CT molecular complexity index is 582. The van der Waals surface area contributed by atoms with Crippen LogP contribution in [0.25, 0.3) is 12.0 Å². The van der Waals surface area contributed by atoms with Gasteiger partial charge in [0.25, 0.3) is 0 Å². The zero-order chi connectivity index (χ0) is 14.4. The van der Waals surface area contributed by atoms with Crippen molar-refractivity contribution in [2.45, 2.75) is 19.8 Å². The van der Waals surface area contributed by atoms with Gasteiger partial charge in [-0.3, -0.25) is 0 Å². The van der Waals surface area contributed by atoms with Gasteiger partial charge in [-0.05, 0) is 24.6 Å². The van der Waals surface area contributed by atoms with Gasteiger partial charge in [0.15, 0.2) is 0 Å². The van der Waals surface area contributed by atoms with Gasteiger partial charge >= 0.3 is 0 Å². The van der Waals surface area contributed by atoms with E-state index in [0.29, 0.717) is 22.4 Å². The maximum Gasteiger partial charge on any atom is 0.146 e. The van der Waals surface area contributed by atoms with Gasteiger partial charge < -0.3 is 4.74 Å². The van der Waals surface area contributed by atoms with Crippen LogP contribution in [-0.2, 0) is 4.74 Å². The zero-order valence-electron chi connectivity index (χ0n) is 11.1. The van der Waals surface area contributed by atoms with E-state index in [4.69, 9.17) is 27.9 Å². The van der Waals surface area contributed by atoms with Gasteiger partial charge in [0.2, 0.25) is 0 Å². The number of unbranched alkanes of at least 4 members (excludes halogenated alkanes) is 1. The molecule has 0 aliphatic heterocycles. The van der Waals surface area contributed by atoms with Crippen molar-refractivity contribution in [2.75, 3.05) is 6.61 Å². The Labute approximate surface area is 128 Å². The average molecular weight is 312 g/mol. The molecule has 0 fully saturated rings. The standard InChI is InChI=1S/C14H15Cl2N3O/c1-2-3-6-20-14(8-19-10-17-9-18-19)12-5-4-11(15)7-13(12)16/h4-5,7-10H,2-3,6H2,1H3. The fourth-order valence-corrected chi connectivity index (χ4v) is 2.11. The van der Waals surface area contributed by atoms with Gasteiger partial charge in [-0.1, -0.05) is 36.5 Å². The minimum Gasteiger partial charge on any atom is -0.491 e. The molecule has 0 atom stereocenters. The van der Waals surface area contributed by atoms with E-state index in [0.717, 1.165) is 18.4 Å². The predicted octanol–water partition coefficient (Wildman–Crippen LogP) is 4.36. The maximum absolute atomic E-state index is 6.23. The summed E-state index contributed by atoms with van der Waals surface area (Å²) in [6.45, 7) is 2.73. The first-order valence-electron chi connectivity index (χ1n) is 6.35. The third kappa shape index (κ3) is 3.99. The van der Waals surface area contributed by atoms with E-state index < -0.39 is 0 Å². The summed E-state index contributed by atoms with van der Waals surface area (Å²) in [6.07, 6.45) is 6.83. The van der Waals surface area contributed by atoms with E-state index >= 15 is 0 Å². The number of nitrogens with zero attached hydrogens (tertiary/aromatic N) is 3. The molecule has 1 heterocycles. The molecule has 1 aromatic carbocycles. The van der Waals surface area contributed by atoms with Gasteiger partial charge in [0, 0.05) is 10.6 Å². The Balaban J connectivity index is 2.30. The third-order valence-electron chi connectivity index (χ3n) is 2.64. The fourth-order valence-electron chi connectivity index (χ4n) is 1.60. The summed E-state index contributed by atoms with van der Waals surface area (Å²) in [6, 6.07) is 5.30. The summed E-state index contributed by atoms with van der Waals surface area (Å²) < 4.78 is 7.38. The molecule has 0 amide bonds. The highest BCUT2D eigenvalue weighted by Gasteiger charge is 2.09. The summed E-state index contributed by atoms with van der Waals surface area (Å²) in [5.41, 5.74) is 0.780. The molecule has 0 saturated heterocycles. The number of ether oxygens (including phenoxy) is 1. The Morgan fingerprint density at radius 3 is 2.90 bits per heavy atom. The van der Waals surface area contributed by atoms with E-state index in [1.165, 1.54) is 6.33 Å². The molecule has 0 aliphatic carbocycles. The Hall–Kier alpha value is -1.52. The third-order valence-corrected chi connectivity index (χ3v) is 3.19. The minimum absolute atomic E-state index is 0.542. The van der Waals surface area contributed by atoms with Crippen molar-refractivity contribution in [2.24, 2.45) is 0 Å². The van der Waals surface area contributed by atoms with Crippen LogP contribution >= 0.6 is 23.2 Å². The molecule has 0 N–H and O–H groups in total. The van der Waals surface area contributed by atoms with Crippen molar-refractivity contribution in [3.8, 4) is 0 Å². The highest BCUT2D eigenvalue weighted by Crippen LogP contribution is 2.28. The van der Waals surface area contributed by atoms with Crippen molar-refractivity contribution in [3.05, 3.63) is 46.5 Å². The molecular weight excluding hydrogens is 297 g/mol. The van der Waals surface area contributed by atoms with Crippen molar-refractivity contribution >= 4 is 35.2 Å². The predicted molar refractivity (Wildman–Crippen MR) is 81.5 cm³/mol. The SMILES string of the molecule is CCCCOC(=Cn1cncn1)c1ccc(Cl)cc1Cl.